The molecule has 0 bridgehead atoms. The van der Waals surface area contributed by atoms with Crippen molar-refractivity contribution in [2.24, 2.45) is 5.73 Å². The third-order valence-electron chi connectivity index (χ3n) is 3.72. The van der Waals surface area contributed by atoms with Crippen LogP contribution < -0.4 is 10.5 Å². The molecule has 1 unspecified atom stereocenters. The van der Waals surface area contributed by atoms with Gasteiger partial charge in [0.2, 0.25) is 0 Å². The van der Waals surface area contributed by atoms with Crippen LogP contribution in [0.15, 0.2) is 24.3 Å². The Balaban J connectivity index is 2.71. The third kappa shape index (κ3) is 6.06. The molecule has 0 heterocycles. The summed E-state index contributed by atoms with van der Waals surface area (Å²) in [5.74, 6) is 0.959. The first-order valence-corrected chi connectivity index (χ1v) is 8.43. The lowest BCUT2D eigenvalue weighted by Crippen LogP contribution is -2.35. The molecule has 1 aromatic carbocycles. The Bertz CT molecular complexity index is 358. The van der Waals surface area contributed by atoms with E-state index in [1.165, 1.54) is 5.56 Å². The molecule has 1 atom stereocenters. The molecule has 3 heteroatoms. The molecule has 0 aliphatic rings. The van der Waals surface area contributed by atoms with Gasteiger partial charge in [-0.3, -0.25) is 4.90 Å². The van der Waals surface area contributed by atoms with Crippen LogP contribution in [0.1, 0.15) is 58.1 Å². The smallest absolute Gasteiger partial charge is 0.119 e. The zero-order valence-corrected chi connectivity index (χ0v) is 14.0. The highest BCUT2D eigenvalue weighted by molar-refractivity contribution is 5.29. The number of benzene rings is 1. The molecule has 3 nitrogen and oxygen atoms in total. The van der Waals surface area contributed by atoms with E-state index in [2.05, 4.69) is 49.9 Å². The molecule has 0 amide bonds. The zero-order valence-electron chi connectivity index (χ0n) is 14.0. The summed E-state index contributed by atoms with van der Waals surface area (Å²) in [5, 5.41) is 0. The van der Waals surface area contributed by atoms with Crippen LogP contribution in [0.2, 0.25) is 0 Å². The first-order chi connectivity index (χ1) is 10.3. The SMILES string of the molecule is CCCCOc1ccc(C(CN)N(CCC)CCC)cc1. The lowest BCUT2D eigenvalue weighted by molar-refractivity contribution is 0.202. The topological polar surface area (TPSA) is 38.5 Å². The number of nitrogens with zero attached hydrogens (tertiary/aromatic N) is 1. The summed E-state index contributed by atoms with van der Waals surface area (Å²) in [6, 6.07) is 8.79. The minimum Gasteiger partial charge on any atom is -0.494 e. The van der Waals surface area contributed by atoms with Gasteiger partial charge in [0, 0.05) is 12.6 Å². The van der Waals surface area contributed by atoms with E-state index in [-0.39, 0.29) is 0 Å². The Hall–Kier alpha value is -1.06. The van der Waals surface area contributed by atoms with E-state index in [0.29, 0.717) is 12.6 Å². The number of rotatable bonds is 11. The van der Waals surface area contributed by atoms with Crippen molar-refractivity contribution >= 4 is 0 Å². The first-order valence-electron chi connectivity index (χ1n) is 8.43. The Morgan fingerprint density at radius 3 is 2.10 bits per heavy atom. The highest BCUT2D eigenvalue weighted by Gasteiger charge is 2.17. The standard InChI is InChI=1S/C18H32N2O/c1-4-7-14-21-17-10-8-16(9-11-17)18(15-19)20(12-5-2)13-6-3/h8-11,18H,4-7,12-15,19H2,1-3H3. The van der Waals surface area contributed by atoms with Gasteiger partial charge in [-0.05, 0) is 50.0 Å². The van der Waals surface area contributed by atoms with Gasteiger partial charge in [-0.25, -0.2) is 0 Å². The molecule has 0 radical (unpaired) electrons. The molecule has 1 aromatic rings. The second-order valence-electron chi connectivity index (χ2n) is 5.56. The predicted molar refractivity (Wildman–Crippen MR) is 90.8 cm³/mol. The molecule has 0 saturated carbocycles. The van der Waals surface area contributed by atoms with Crippen LogP contribution in [0.5, 0.6) is 5.75 Å². The van der Waals surface area contributed by atoms with Crippen LogP contribution in [0.4, 0.5) is 0 Å². The Labute approximate surface area is 130 Å². The van der Waals surface area contributed by atoms with Crippen molar-refractivity contribution in [1.29, 1.82) is 0 Å². The average Bonchev–Trinajstić information content (AvgIpc) is 2.50. The summed E-state index contributed by atoms with van der Waals surface area (Å²) in [7, 11) is 0. The lowest BCUT2D eigenvalue weighted by atomic mass is 10.0. The normalized spacial score (nSPS) is 12.6. The summed E-state index contributed by atoms with van der Waals surface area (Å²) in [4.78, 5) is 2.49. The fourth-order valence-electron chi connectivity index (χ4n) is 2.61. The van der Waals surface area contributed by atoms with Gasteiger partial charge in [-0.1, -0.05) is 39.3 Å². The van der Waals surface area contributed by atoms with Gasteiger partial charge in [-0.2, -0.15) is 0 Å². The number of hydrogen-bond acceptors (Lipinski definition) is 3. The largest absolute Gasteiger partial charge is 0.494 e. The van der Waals surface area contributed by atoms with Crippen molar-refractivity contribution < 1.29 is 4.74 Å². The molecular weight excluding hydrogens is 260 g/mol. The molecule has 0 aliphatic heterocycles. The second kappa shape index (κ2) is 10.6. The fraction of sp³-hybridized carbons (Fsp3) is 0.667. The van der Waals surface area contributed by atoms with Crippen molar-refractivity contribution in [3.63, 3.8) is 0 Å². The van der Waals surface area contributed by atoms with Crippen LogP contribution in [0.3, 0.4) is 0 Å². The maximum atomic E-state index is 6.03. The summed E-state index contributed by atoms with van der Waals surface area (Å²) >= 11 is 0. The molecule has 0 aliphatic carbocycles. The van der Waals surface area contributed by atoms with Crippen molar-refractivity contribution in [1.82, 2.24) is 4.90 Å². The van der Waals surface area contributed by atoms with E-state index in [1.54, 1.807) is 0 Å². The first kappa shape index (κ1) is 18.0. The van der Waals surface area contributed by atoms with Gasteiger partial charge in [0.05, 0.1) is 6.61 Å². The van der Waals surface area contributed by atoms with Crippen LogP contribution >= 0.6 is 0 Å². The van der Waals surface area contributed by atoms with E-state index in [4.69, 9.17) is 10.5 Å². The Morgan fingerprint density at radius 1 is 1.00 bits per heavy atom. The molecule has 120 valence electrons. The van der Waals surface area contributed by atoms with E-state index in [9.17, 15) is 0 Å². The highest BCUT2D eigenvalue weighted by Crippen LogP contribution is 2.23. The molecule has 21 heavy (non-hydrogen) atoms. The van der Waals surface area contributed by atoms with E-state index < -0.39 is 0 Å². The van der Waals surface area contributed by atoms with E-state index in [1.807, 2.05) is 0 Å². The summed E-state index contributed by atoms with van der Waals surface area (Å²) in [6.07, 6.45) is 4.59. The van der Waals surface area contributed by atoms with Gasteiger partial charge in [0.15, 0.2) is 0 Å². The Morgan fingerprint density at radius 2 is 1.62 bits per heavy atom. The predicted octanol–water partition coefficient (Wildman–Crippen LogP) is 3.99. The summed E-state index contributed by atoms with van der Waals surface area (Å²) in [6.45, 7) is 10.3. The van der Waals surface area contributed by atoms with E-state index >= 15 is 0 Å². The highest BCUT2D eigenvalue weighted by atomic mass is 16.5. The summed E-state index contributed by atoms with van der Waals surface area (Å²) in [5.41, 5.74) is 7.32. The monoisotopic (exact) mass is 292 g/mol. The molecule has 1 rings (SSSR count). The number of hydrogen-bond donors (Lipinski definition) is 1. The zero-order chi connectivity index (χ0) is 15.5. The lowest BCUT2D eigenvalue weighted by Gasteiger charge is -2.30. The maximum Gasteiger partial charge on any atom is 0.119 e. The Kier molecular flexibility index (Phi) is 9.11. The number of ether oxygens (including phenoxy) is 1. The van der Waals surface area contributed by atoms with Gasteiger partial charge < -0.3 is 10.5 Å². The maximum absolute atomic E-state index is 6.03. The minimum absolute atomic E-state index is 0.314. The molecule has 0 aromatic heterocycles. The van der Waals surface area contributed by atoms with Gasteiger partial charge in [-0.15, -0.1) is 0 Å². The van der Waals surface area contributed by atoms with Crippen LogP contribution in [0.25, 0.3) is 0 Å². The quantitative estimate of drug-likeness (QED) is 0.627. The van der Waals surface area contributed by atoms with Crippen molar-refractivity contribution in [3.8, 4) is 5.75 Å². The van der Waals surface area contributed by atoms with Crippen LogP contribution in [-0.2, 0) is 0 Å². The molecule has 0 fully saturated rings. The van der Waals surface area contributed by atoms with Crippen LogP contribution in [-0.4, -0.2) is 31.1 Å². The van der Waals surface area contributed by atoms with Crippen molar-refractivity contribution in [2.45, 2.75) is 52.5 Å². The van der Waals surface area contributed by atoms with Crippen molar-refractivity contribution in [2.75, 3.05) is 26.2 Å². The molecule has 0 saturated heterocycles. The molecule has 0 spiro atoms. The molecule has 2 N–H and O–H groups in total. The minimum atomic E-state index is 0.314. The van der Waals surface area contributed by atoms with Gasteiger partial charge in [0.25, 0.3) is 0 Å². The fourth-order valence-corrected chi connectivity index (χ4v) is 2.61. The van der Waals surface area contributed by atoms with Crippen molar-refractivity contribution in [3.05, 3.63) is 29.8 Å². The average molecular weight is 292 g/mol. The third-order valence-corrected chi connectivity index (χ3v) is 3.72. The number of nitrogens with two attached hydrogens (primary N) is 1. The van der Waals surface area contributed by atoms with Crippen LogP contribution in [0, 0.1) is 0 Å². The van der Waals surface area contributed by atoms with Gasteiger partial charge in [0.1, 0.15) is 5.75 Å². The van der Waals surface area contributed by atoms with Gasteiger partial charge >= 0.3 is 0 Å². The second-order valence-corrected chi connectivity index (χ2v) is 5.56. The van der Waals surface area contributed by atoms with E-state index in [0.717, 1.165) is 51.1 Å². The molecular formula is C18H32N2O. The number of unbranched alkanes of at least 4 members (excludes halogenated alkanes) is 1. The summed E-state index contributed by atoms with van der Waals surface area (Å²) < 4.78 is 5.73.